The number of hydrogen-bond donors (Lipinski definition) is 4. The molecule has 140 valence electrons. The molecule has 0 aliphatic carbocycles. The van der Waals surface area contributed by atoms with E-state index < -0.39 is 0 Å². The average molecular weight is 356 g/mol. The molecule has 6 heteroatoms. The Morgan fingerprint density at radius 3 is 1.85 bits per heavy atom. The van der Waals surface area contributed by atoms with Gasteiger partial charge in [-0.05, 0) is 38.1 Å². The molecule has 2 aromatic rings. The highest BCUT2D eigenvalue weighted by Gasteiger charge is 1.99. The smallest absolute Gasteiger partial charge is 0.124 e. The minimum absolute atomic E-state index is 0.00767. The van der Waals surface area contributed by atoms with E-state index in [1.807, 2.05) is 26.0 Å². The molecule has 0 bridgehead atoms. The van der Waals surface area contributed by atoms with Gasteiger partial charge < -0.3 is 21.7 Å². The summed E-state index contributed by atoms with van der Waals surface area (Å²) < 4.78 is 0. The van der Waals surface area contributed by atoms with E-state index in [4.69, 9.17) is 11.5 Å². The zero-order chi connectivity index (χ0) is 19.4. The highest BCUT2D eigenvalue weighted by Crippen LogP contribution is 2.14. The predicted octanol–water partition coefficient (Wildman–Crippen LogP) is 2.32. The molecular formula is C20H28N4O2. The molecule has 2 aromatic carbocycles. The third-order valence-electron chi connectivity index (χ3n) is 3.31. The molecule has 0 saturated carbocycles. The highest BCUT2D eigenvalue weighted by atomic mass is 16.3. The second-order valence-electron chi connectivity index (χ2n) is 5.95. The van der Waals surface area contributed by atoms with Crippen molar-refractivity contribution >= 4 is 12.4 Å². The van der Waals surface area contributed by atoms with Crippen LogP contribution in [0.5, 0.6) is 11.5 Å². The fourth-order valence-electron chi connectivity index (χ4n) is 1.75. The molecule has 0 aromatic heterocycles. The largest absolute Gasteiger partial charge is 0.507 e. The Morgan fingerprint density at radius 1 is 0.923 bits per heavy atom. The lowest BCUT2D eigenvalue weighted by atomic mass is 10.2. The lowest BCUT2D eigenvalue weighted by Crippen LogP contribution is -2.25. The Hall–Kier alpha value is -2.70. The van der Waals surface area contributed by atoms with Gasteiger partial charge in [0.15, 0.2) is 0 Å². The van der Waals surface area contributed by atoms with Crippen molar-refractivity contribution < 1.29 is 10.2 Å². The first-order valence-corrected chi connectivity index (χ1v) is 8.48. The Kier molecular flexibility index (Phi) is 9.67. The second kappa shape index (κ2) is 11.8. The normalized spacial score (nSPS) is 13.4. The molecule has 0 saturated heterocycles. The maximum atomic E-state index is 9.63. The monoisotopic (exact) mass is 356 g/mol. The molecule has 6 N–H and O–H groups in total. The van der Waals surface area contributed by atoms with E-state index in [0.717, 1.165) is 0 Å². The van der Waals surface area contributed by atoms with E-state index >= 15 is 0 Å². The zero-order valence-electron chi connectivity index (χ0n) is 15.3. The maximum absolute atomic E-state index is 9.63. The Morgan fingerprint density at radius 2 is 1.38 bits per heavy atom. The van der Waals surface area contributed by atoms with Crippen molar-refractivity contribution in [1.29, 1.82) is 0 Å². The van der Waals surface area contributed by atoms with E-state index in [1.165, 1.54) is 0 Å². The van der Waals surface area contributed by atoms with Crippen LogP contribution in [0.25, 0.3) is 0 Å². The van der Waals surface area contributed by atoms with Crippen molar-refractivity contribution in [2.75, 3.05) is 13.1 Å². The number of aliphatic imine (C=N–C) groups is 2. The molecule has 0 radical (unpaired) electrons. The van der Waals surface area contributed by atoms with Gasteiger partial charge in [0.2, 0.25) is 0 Å². The molecule has 0 spiro atoms. The first-order valence-electron chi connectivity index (χ1n) is 8.48. The van der Waals surface area contributed by atoms with E-state index in [2.05, 4.69) is 9.98 Å². The minimum Gasteiger partial charge on any atom is -0.507 e. The molecule has 0 fully saturated rings. The van der Waals surface area contributed by atoms with Crippen LogP contribution in [0.4, 0.5) is 0 Å². The molecule has 2 unspecified atom stereocenters. The summed E-state index contributed by atoms with van der Waals surface area (Å²) in [6.07, 6.45) is 3.29. The van der Waals surface area contributed by atoms with Crippen molar-refractivity contribution in [3.63, 3.8) is 0 Å². The standard InChI is InChI=1S/C17H18N2O2.C3H10N2/c1-13(19-12-15-7-3-5-9-17(15)21)10-18-11-14-6-2-4-8-16(14)20;1-3(5)2-4/h2-9,11-13,20-21H,10H2,1H3;3H,2,4-5H2,1H3/b18-11-,19-12-;. The molecular weight excluding hydrogens is 328 g/mol. The number of nitrogens with zero attached hydrogens (tertiary/aromatic N) is 2. The molecule has 2 atom stereocenters. The van der Waals surface area contributed by atoms with Crippen LogP contribution in [0, 0.1) is 0 Å². The van der Waals surface area contributed by atoms with Crippen molar-refractivity contribution in [3.05, 3.63) is 59.7 Å². The van der Waals surface area contributed by atoms with Crippen LogP contribution in [0.1, 0.15) is 25.0 Å². The zero-order valence-corrected chi connectivity index (χ0v) is 15.3. The van der Waals surface area contributed by atoms with Crippen LogP contribution in [-0.2, 0) is 0 Å². The summed E-state index contributed by atoms with van der Waals surface area (Å²) >= 11 is 0. The number of hydrogen-bond acceptors (Lipinski definition) is 6. The van der Waals surface area contributed by atoms with Crippen LogP contribution in [0.2, 0.25) is 0 Å². The van der Waals surface area contributed by atoms with Crippen LogP contribution >= 0.6 is 0 Å². The Balaban J connectivity index is 0.000000597. The maximum Gasteiger partial charge on any atom is 0.124 e. The van der Waals surface area contributed by atoms with Gasteiger partial charge in [-0.2, -0.15) is 0 Å². The average Bonchev–Trinajstić information content (AvgIpc) is 2.63. The fourth-order valence-corrected chi connectivity index (χ4v) is 1.75. The molecule has 2 rings (SSSR count). The van der Waals surface area contributed by atoms with Crippen molar-refractivity contribution in [1.82, 2.24) is 0 Å². The third-order valence-corrected chi connectivity index (χ3v) is 3.31. The quantitative estimate of drug-likeness (QED) is 0.594. The molecule has 0 amide bonds. The number of para-hydroxylation sites is 2. The van der Waals surface area contributed by atoms with E-state index in [1.54, 1.807) is 48.8 Å². The second-order valence-corrected chi connectivity index (χ2v) is 5.95. The van der Waals surface area contributed by atoms with Gasteiger partial charge in [-0.3, -0.25) is 9.98 Å². The van der Waals surface area contributed by atoms with Gasteiger partial charge in [-0.15, -0.1) is 0 Å². The lowest BCUT2D eigenvalue weighted by Gasteiger charge is -2.03. The van der Waals surface area contributed by atoms with Crippen LogP contribution in [0.15, 0.2) is 58.5 Å². The van der Waals surface area contributed by atoms with Crippen molar-refractivity contribution in [2.24, 2.45) is 21.5 Å². The number of benzene rings is 2. The van der Waals surface area contributed by atoms with Crippen LogP contribution < -0.4 is 11.5 Å². The van der Waals surface area contributed by atoms with Gasteiger partial charge in [-0.1, -0.05) is 24.3 Å². The van der Waals surface area contributed by atoms with Gasteiger partial charge in [-0.25, -0.2) is 0 Å². The minimum atomic E-state index is -0.00767. The number of aromatic hydroxyl groups is 2. The predicted molar refractivity (Wildman–Crippen MR) is 108 cm³/mol. The van der Waals surface area contributed by atoms with E-state index in [9.17, 15) is 10.2 Å². The number of phenols is 2. The summed E-state index contributed by atoms with van der Waals surface area (Å²) in [5, 5.41) is 19.2. The number of nitrogens with two attached hydrogens (primary N) is 2. The topological polar surface area (TPSA) is 117 Å². The first-order chi connectivity index (χ1) is 12.4. The summed E-state index contributed by atoms with van der Waals surface area (Å²) in [5.74, 6) is 0.428. The Bertz CT molecular complexity index is 714. The van der Waals surface area contributed by atoms with Crippen LogP contribution in [0.3, 0.4) is 0 Å². The summed E-state index contributed by atoms with van der Waals surface area (Å²) in [7, 11) is 0. The summed E-state index contributed by atoms with van der Waals surface area (Å²) in [6, 6.07) is 14.2. The van der Waals surface area contributed by atoms with Crippen LogP contribution in [-0.4, -0.2) is 47.8 Å². The molecule has 6 nitrogen and oxygen atoms in total. The third kappa shape index (κ3) is 8.41. The van der Waals surface area contributed by atoms with E-state index in [0.29, 0.717) is 24.2 Å². The van der Waals surface area contributed by atoms with Gasteiger partial charge in [0, 0.05) is 36.1 Å². The van der Waals surface area contributed by atoms with Gasteiger partial charge in [0.05, 0.1) is 12.6 Å². The van der Waals surface area contributed by atoms with Crippen molar-refractivity contribution in [3.8, 4) is 11.5 Å². The Labute approximate surface area is 154 Å². The summed E-state index contributed by atoms with van der Waals surface area (Å²) in [5.41, 5.74) is 11.6. The van der Waals surface area contributed by atoms with Gasteiger partial charge >= 0.3 is 0 Å². The van der Waals surface area contributed by atoms with Gasteiger partial charge in [0.25, 0.3) is 0 Å². The molecule has 0 aliphatic rings. The number of rotatable bonds is 6. The lowest BCUT2D eigenvalue weighted by molar-refractivity contribution is 0.474. The molecule has 0 aliphatic heterocycles. The van der Waals surface area contributed by atoms with Crippen molar-refractivity contribution in [2.45, 2.75) is 25.9 Å². The molecule has 0 heterocycles. The summed E-state index contributed by atoms with van der Waals surface area (Å²) in [4.78, 5) is 8.62. The SMILES string of the molecule is CC(C/N=C\c1ccccc1O)/N=C\c1ccccc1O.CC(N)CN. The highest BCUT2D eigenvalue weighted by molar-refractivity contribution is 5.84. The number of phenolic OH excluding ortho intramolecular Hbond substituents is 2. The molecule has 26 heavy (non-hydrogen) atoms. The first kappa shape index (κ1) is 21.3. The van der Waals surface area contributed by atoms with Gasteiger partial charge in [0.1, 0.15) is 11.5 Å². The summed E-state index contributed by atoms with van der Waals surface area (Å²) in [6.45, 7) is 4.91. The van der Waals surface area contributed by atoms with E-state index in [-0.39, 0.29) is 23.6 Å². The fraction of sp³-hybridized carbons (Fsp3) is 0.300.